The molecule has 2 aromatic heterocycles. The molecule has 6 rings (SSSR count). The first-order valence-corrected chi connectivity index (χ1v) is 15.7. The zero-order chi connectivity index (χ0) is 32.4. The minimum atomic E-state index is -0.451. The standard InChI is InChI=1S/C35H40N8O3/c1-35(2,41-20-18-39(3)19-21-41)22-25(23-36)33(44)40-17-7-8-27(24-40)42-30-15-16-38-32(37)31(30)43(34(42)45)26-11-13-29(14-12-26)46-28-9-5-4-6-10-28/h4-6,9-16,22,27H,7-8,17-21,24H2,1-3H3,(H2,37,38)/t27-/m1/s1. The third-order valence-electron chi connectivity index (χ3n) is 9.10. The highest BCUT2D eigenvalue weighted by atomic mass is 16.5. The number of hydrogen-bond acceptors (Lipinski definition) is 8. The predicted molar refractivity (Wildman–Crippen MR) is 178 cm³/mol. The number of nitriles is 1. The smallest absolute Gasteiger partial charge is 0.334 e. The third-order valence-corrected chi connectivity index (χ3v) is 9.10. The van der Waals surface area contributed by atoms with Crippen LogP contribution in [0.5, 0.6) is 11.5 Å². The number of nitrogens with zero attached hydrogens (tertiary/aromatic N) is 7. The summed E-state index contributed by atoms with van der Waals surface area (Å²) in [5, 5.41) is 10.1. The van der Waals surface area contributed by atoms with Crippen molar-refractivity contribution in [1.29, 1.82) is 5.26 Å². The predicted octanol–water partition coefficient (Wildman–Crippen LogP) is 4.20. The van der Waals surface area contributed by atoms with Crippen molar-refractivity contribution in [3.05, 3.63) is 89.0 Å². The third kappa shape index (κ3) is 6.14. The first kappa shape index (κ1) is 31.1. The summed E-state index contributed by atoms with van der Waals surface area (Å²) in [7, 11) is 2.10. The Hall–Kier alpha value is -4.92. The van der Waals surface area contributed by atoms with Crippen LogP contribution in [0.15, 0.2) is 83.3 Å². The number of rotatable bonds is 7. The van der Waals surface area contributed by atoms with Gasteiger partial charge in [-0.15, -0.1) is 0 Å². The molecular weight excluding hydrogens is 580 g/mol. The number of likely N-dealkylation sites (tertiary alicyclic amines) is 1. The van der Waals surface area contributed by atoms with Crippen molar-refractivity contribution < 1.29 is 9.53 Å². The van der Waals surface area contributed by atoms with E-state index in [9.17, 15) is 14.9 Å². The Labute approximate surface area is 268 Å². The van der Waals surface area contributed by atoms with E-state index in [0.717, 1.165) is 26.2 Å². The Morgan fingerprint density at radius 1 is 1.02 bits per heavy atom. The Kier molecular flexibility index (Phi) is 8.67. The van der Waals surface area contributed by atoms with E-state index in [0.29, 0.717) is 54.2 Å². The maximum absolute atomic E-state index is 14.2. The largest absolute Gasteiger partial charge is 0.457 e. The van der Waals surface area contributed by atoms with Crippen LogP contribution in [0, 0.1) is 11.3 Å². The molecule has 0 spiro atoms. The summed E-state index contributed by atoms with van der Waals surface area (Å²) in [6.45, 7) is 8.54. The second-order valence-electron chi connectivity index (χ2n) is 12.6. The van der Waals surface area contributed by atoms with E-state index in [-0.39, 0.29) is 29.0 Å². The molecule has 1 amide bonds. The van der Waals surface area contributed by atoms with E-state index in [2.05, 4.69) is 41.7 Å². The molecule has 2 aliphatic rings. The van der Waals surface area contributed by atoms with Crippen molar-refractivity contribution in [2.24, 2.45) is 0 Å². The summed E-state index contributed by atoms with van der Waals surface area (Å²) in [6, 6.07) is 20.4. The SMILES string of the molecule is CN1CCN(C(C)(C)C=C(C#N)C(=O)N2CCC[C@@H](n3c(=O)n(-c4ccc(Oc5ccccc5)cc4)c4c(N)nccc43)C2)CC1. The maximum atomic E-state index is 14.2. The number of imidazole rings is 1. The number of nitrogens with two attached hydrogens (primary N) is 1. The average molecular weight is 621 g/mol. The van der Waals surface area contributed by atoms with E-state index in [1.165, 1.54) is 0 Å². The summed E-state index contributed by atoms with van der Waals surface area (Å²) in [4.78, 5) is 38.6. The lowest BCUT2D eigenvalue weighted by Crippen LogP contribution is -2.53. The quantitative estimate of drug-likeness (QED) is 0.241. The van der Waals surface area contributed by atoms with Crippen molar-refractivity contribution in [3.63, 3.8) is 0 Å². The van der Waals surface area contributed by atoms with Crippen LogP contribution in [-0.2, 0) is 4.79 Å². The fraction of sp³-hybridized carbons (Fsp3) is 0.371. The Balaban J connectivity index is 1.28. The number of para-hydroxylation sites is 1. The van der Waals surface area contributed by atoms with Crippen LogP contribution in [0.3, 0.4) is 0 Å². The first-order chi connectivity index (χ1) is 22.2. The zero-order valence-electron chi connectivity index (χ0n) is 26.6. The fourth-order valence-electron chi connectivity index (χ4n) is 6.56. The number of pyridine rings is 1. The Morgan fingerprint density at radius 2 is 1.72 bits per heavy atom. The van der Waals surface area contributed by atoms with Gasteiger partial charge in [0.1, 0.15) is 34.5 Å². The molecule has 11 nitrogen and oxygen atoms in total. The minimum absolute atomic E-state index is 0.130. The van der Waals surface area contributed by atoms with Gasteiger partial charge in [-0.2, -0.15) is 5.26 Å². The molecule has 0 bridgehead atoms. The molecule has 2 N–H and O–H groups in total. The molecular formula is C35H40N8O3. The van der Waals surface area contributed by atoms with Gasteiger partial charge >= 0.3 is 5.69 Å². The van der Waals surface area contributed by atoms with Crippen molar-refractivity contribution in [2.75, 3.05) is 52.0 Å². The molecule has 0 radical (unpaired) electrons. The van der Waals surface area contributed by atoms with Crippen LogP contribution < -0.4 is 16.2 Å². The number of hydrogen-bond donors (Lipinski definition) is 1. The van der Waals surface area contributed by atoms with Gasteiger partial charge in [0.25, 0.3) is 5.91 Å². The molecule has 2 aliphatic heterocycles. The lowest BCUT2D eigenvalue weighted by molar-refractivity contribution is -0.128. The van der Waals surface area contributed by atoms with E-state index in [1.807, 2.05) is 54.6 Å². The van der Waals surface area contributed by atoms with Gasteiger partial charge in [0.15, 0.2) is 0 Å². The van der Waals surface area contributed by atoms with Crippen molar-refractivity contribution in [3.8, 4) is 23.3 Å². The molecule has 1 atom stereocenters. The van der Waals surface area contributed by atoms with Crippen molar-refractivity contribution in [1.82, 2.24) is 28.8 Å². The van der Waals surface area contributed by atoms with Gasteiger partial charge in [-0.1, -0.05) is 18.2 Å². The molecule has 0 aliphatic carbocycles. The highest BCUT2D eigenvalue weighted by Gasteiger charge is 2.33. The van der Waals surface area contributed by atoms with Gasteiger partial charge in [-0.3, -0.25) is 18.8 Å². The van der Waals surface area contributed by atoms with Crippen LogP contribution in [0.1, 0.15) is 32.7 Å². The van der Waals surface area contributed by atoms with Gasteiger partial charge in [-0.25, -0.2) is 9.78 Å². The second kappa shape index (κ2) is 12.8. The molecule has 11 heteroatoms. The normalized spacial score (nSPS) is 18.4. The number of piperazine rings is 1. The molecule has 0 unspecified atom stereocenters. The van der Waals surface area contributed by atoms with Gasteiger partial charge < -0.3 is 20.3 Å². The number of benzene rings is 2. The number of amides is 1. The molecule has 2 saturated heterocycles. The summed E-state index contributed by atoms with van der Waals surface area (Å²) >= 11 is 0. The molecule has 2 fully saturated rings. The summed E-state index contributed by atoms with van der Waals surface area (Å²) in [5.41, 5.74) is 7.57. The Morgan fingerprint density at radius 3 is 2.41 bits per heavy atom. The van der Waals surface area contributed by atoms with Crippen molar-refractivity contribution >= 4 is 22.8 Å². The van der Waals surface area contributed by atoms with E-state index >= 15 is 0 Å². The number of piperidine rings is 1. The van der Waals surface area contributed by atoms with E-state index in [1.54, 1.807) is 32.4 Å². The fourth-order valence-corrected chi connectivity index (χ4v) is 6.56. The number of ether oxygens (including phenoxy) is 1. The minimum Gasteiger partial charge on any atom is -0.457 e. The number of fused-ring (bicyclic) bond motifs is 1. The second-order valence-corrected chi connectivity index (χ2v) is 12.6. The molecule has 4 heterocycles. The maximum Gasteiger partial charge on any atom is 0.334 e. The first-order valence-electron chi connectivity index (χ1n) is 15.7. The number of carbonyl (C=O) groups excluding carboxylic acids is 1. The number of aromatic nitrogens is 3. The van der Waals surface area contributed by atoms with Crippen LogP contribution in [0.4, 0.5) is 5.82 Å². The Bertz CT molecular complexity index is 1840. The number of anilines is 1. The monoisotopic (exact) mass is 620 g/mol. The number of nitrogen functional groups attached to an aromatic ring is 1. The van der Waals surface area contributed by atoms with E-state index in [4.69, 9.17) is 10.5 Å². The van der Waals surface area contributed by atoms with Crippen LogP contribution >= 0.6 is 0 Å². The van der Waals surface area contributed by atoms with Gasteiger partial charge in [0.05, 0.1) is 17.2 Å². The molecule has 238 valence electrons. The van der Waals surface area contributed by atoms with Crippen molar-refractivity contribution in [2.45, 2.75) is 38.3 Å². The molecule has 2 aromatic carbocycles. The summed E-state index contributed by atoms with van der Waals surface area (Å²) in [6.07, 6.45) is 4.80. The van der Waals surface area contributed by atoms with Crippen LogP contribution in [0.25, 0.3) is 16.7 Å². The van der Waals surface area contributed by atoms with Crippen LogP contribution in [-0.4, -0.2) is 86.6 Å². The zero-order valence-corrected chi connectivity index (χ0v) is 26.6. The average Bonchev–Trinajstić information content (AvgIpc) is 3.37. The van der Waals surface area contributed by atoms with Crippen LogP contribution in [0.2, 0.25) is 0 Å². The lowest BCUT2D eigenvalue weighted by atomic mass is 9.96. The van der Waals surface area contributed by atoms with E-state index < -0.39 is 5.54 Å². The van der Waals surface area contributed by atoms with Gasteiger partial charge in [0.2, 0.25) is 0 Å². The van der Waals surface area contributed by atoms with Gasteiger partial charge in [-0.05, 0) is 82.3 Å². The lowest BCUT2D eigenvalue weighted by Gasteiger charge is -2.42. The number of likely N-dealkylation sites (N-methyl/N-ethyl adjacent to an activating group) is 1. The number of carbonyl (C=O) groups is 1. The summed E-state index contributed by atoms with van der Waals surface area (Å²) < 4.78 is 9.24. The molecule has 0 saturated carbocycles. The highest BCUT2D eigenvalue weighted by Crippen LogP contribution is 2.30. The highest BCUT2D eigenvalue weighted by molar-refractivity contribution is 5.97. The van der Waals surface area contributed by atoms with Gasteiger partial charge in [0, 0.05) is 51.0 Å². The topological polar surface area (TPSA) is 126 Å². The molecule has 46 heavy (non-hydrogen) atoms. The molecule has 4 aromatic rings. The summed E-state index contributed by atoms with van der Waals surface area (Å²) in [5.74, 6) is 1.28.